The lowest BCUT2D eigenvalue weighted by atomic mass is 10.2. The van der Waals surface area contributed by atoms with Crippen LogP contribution in [-0.2, 0) is 10.0 Å². The van der Waals surface area contributed by atoms with Crippen LogP contribution in [0.3, 0.4) is 0 Å². The van der Waals surface area contributed by atoms with E-state index in [4.69, 9.17) is 4.42 Å². The Morgan fingerprint density at radius 1 is 1.28 bits per heavy atom. The topological polar surface area (TPSA) is 88.4 Å². The number of carbonyl (C=O) groups excluding carboxylic acids is 1. The van der Waals surface area contributed by atoms with E-state index in [1.165, 1.54) is 12.1 Å². The number of benzene rings is 1. The minimum atomic E-state index is -3.62. The summed E-state index contributed by atoms with van der Waals surface area (Å²) in [5.74, 6) is 1.02. The highest BCUT2D eigenvalue weighted by Crippen LogP contribution is 2.25. The lowest BCUT2D eigenvalue weighted by Gasteiger charge is -2.14. The van der Waals surface area contributed by atoms with Crippen molar-refractivity contribution in [2.75, 3.05) is 0 Å². The molecule has 25 heavy (non-hydrogen) atoms. The summed E-state index contributed by atoms with van der Waals surface area (Å²) in [6.45, 7) is 3.63. The van der Waals surface area contributed by atoms with Gasteiger partial charge in [-0.1, -0.05) is 0 Å². The summed E-state index contributed by atoms with van der Waals surface area (Å²) >= 11 is 3.31. The molecule has 1 amide bonds. The van der Waals surface area contributed by atoms with Crippen molar-refractivity contribution in [3.05, 3.63) is 51.9 Å². The summed E-state index contributed by atoms with van der Waals surface area (Å²) in [6, 6.07) is 7.72. The molecule has 1 fully saturated rings. The van der Waals surface area contributed by atoms with E-state index < -0.39 is 10.0 Å². The van der Waals surface area contributed by atoms with Gasteiger partial charge < -0.3 is 9.73 Å². The molecule has 0 bridgehead atoms. The highest BCUT2D eigenvalue weighted by atomic mass is 79.9. The van der Waals surface area contributed by atoms with Gasteiger partial charge in [0.1, 0.15) is 11.5 Å². The molecule has 1 aromatic carbocycles. The predicted molar refractivity (Wildman–Crippen MR) is 96.8 cm³/mol. The Balaban J connectivity index is 1.80. The zero-order valence-electron chi connectivity index (χ0n) is 13.9. The van der Waals surface area contributed by atoms with Gasteiger partial charge in [0, 0.05) is 10.5 Å². The molecule has 134 valence electrons. The molecule has 3 rings (SSSR count). The van der Waals surface area contributed by atoms with Gasteiger partial charge in [-0.15, -0.1) is 0 Å². The van der Waals surface area contributed by atoms with Crippen LogP contribution >= 0.6 is 15.9 Å². The van der Waals surface area contributed by atoms with Crippen molar-refractivity contribution in [3.8, 4) is 0 Å². The number of nitrogens with one attached hydrogen (secondary N) is 2. The Kier molecular flexibility index (Phi) is 5.04. The first kappa shape index (κ1) is 18.2. The van der Waals surface area contributed by atoms with Crippen molar-refractivity contribution >= 4 is 31.9 Å². The van der Waals surface area contributed by atoms with Crippen LogP contribution in [0.2, 0.25) is 0 Å². The number of hydrogen-bond donors (Lipinski definition) is 2. The largest absolute Gasteiger partial charge is 0.464 e. The predicted octanol–water partition coefficient (Wildman–Crippen LogP) is 3.28. The van der Waals surface area contributed by atoms with Crippen LogP contribution in [0.1, 0.15) is 47.7 Å². The van der Waals surface area contributed by atoms with Crippen molar-refractivity contribution in [1.29, 1.82) is 0 Å². The molecule has 6 nitrogen and oxygen atoms in total. The fraction of sp³-hybridized carbons (Fsp3) is 0.353. The van der Waals surface area contributed by atoms with Gasteiger partial charge in [-0.2, -0.15) is 0 Å². The average Bonchev–Trinajstić information content (AvgIpc) is 3.23. The van der Waals surface area contributed by atoms with Crippen molar-refractivity contribution in [2.24, 2.45) is 0 Å². The molecule has 1 unspecified atom stereocenters. The maximum absolute atomic E-state index is 12.6. The lowest BCUT2D eigenvalue weighted by Crippen LogP contribution is -2.28. The van der Waals surface area contributed by atoms with Gasteiger partial charge in [0.25, 0.3) is 5.91 Å². The molecule has 0 radical (unpaired) electrons. The third-order valence-electron chi connectivity index (χ3n) is 3.93. The average molecular weight is 427 g/mol. The standard InChI is InChI=1S/C17H19BrN2O4S/c1-10-3-8-16(24-10)11(2)19-17(21)14-9-13(6-7-15(14)18)25(22,23)20-12-4-5-12/h3,6-9,11-12,20H,4-5H2,1-2H3,(H,19,21). The molecule has 1 heterocycles. The van der Waals surface area contributed by atoms with Crippen LogP contribution < -0.4 is 10.0 Å². The zero-order valence-corrected chi connectivity index (χ0v) is 16.3. The molecule has 0 aliphatic heterocycles. The van der Waals surface area contributed by atoms with E-state index in [2.05, 4.69) is 26.0 Å². The number of sulfonamides is 1. The molecule has 1 saturated carbocycles. The maximum Gasteiger partial charge on any atom is 0.253 e. The Bertz CT molecular complexity index is 903. The summed E-state index contributed by atoms with van der Waals surface area (Å²) in [5.41, 5.74) is 0.258. The minimum Gasteiger partial charge on any atom is -0.464 e. The quantitative estimate of drug-likeness (QED) is 0.741. The summed E-state index contributed by atoms with van der Waals surface area (Å²) < 4.78 is 33.3. The number of carbonyl (C=O) groups is 1. The van der Waals surface area contributed by atoms with E-state index in [-0.39, 0.29) is 28.4 Å². The molecule has 1 aliphatic carbocycles. The molecule has 1 atom stereocenters. The molecule has 2 aromatic rings. The number of halogens is 1. The van der Waals surface area contributed by atoms with Crippen LogP contribution in [0.25, 0.3) is 0 Å². The van der Waals surface area contributed by atoms with Gasteiger partial charge in [-0.3, -0.25) is 4.79 Å². The summed E-state index contributed by atoms with van der Waals surface area (Å²) in [5, 5.41) is 2.82. The lowest BCUT2D eigenvalue weighted by molar-refractivity contribution is 0.0934. The second-order valence-electron chi connectivity index (χ2n) is 6.18. The van der Waals surface area contributed by atoms with Crippen LogP contribution in [0.4, 0.5) is 0 Å². The molecule has 2 N–H and O–H groups in total. The second-order valence-corrected chi connectivity index (χ2v) is 8.75. The Morgan fingerprint density at radius 2 is 2.00 bits per heavy atom. The normalized spacial score (nSPS) is 15.8. The first-order valence-corrected chi connectivity index (χ1v) is 10.2. The molecule has 8 heteroatoms. The van der Waals surface area contributed by atoms with Gasteiger partial charge in [0.15, 0.2) is 0 Å². The first-order chi connectivity index (χ1) is 11.8. The number of furan rings is 1. The van der Waals surface area contributed by atoms with Crippen molar-refractivity contribution < 1.29 is 17.6 Å². The Hall–Kier alpha value is -1.64. The third-order valence-corrected chi connectivity index (χ3v) is 6.14. The van der Waals surface area contributed by atoms with E-state index in [0.717, 1.165) is 18.6 Å². The Labute approximate surface area is 155 Å². The van der Waals surface area contributed by atoms with Gasteiger partial charge in [-0.05, 0) is 73.0 Å². The fourth-order valence-corrected chi connectivity index (χ4v) is 4.12. The van der Waals surface area contributed by atoms with Crippen molar-refractivity contribution in [3.63, 3.8) is 0 Å². The maximum atomic E-state index is 12.6. The fourth-order valence-electron chi connectivity index (χ4n) is 2.37. The van der Waals surface area contributed by atoms with Gasteiger partial charge >= 0.3 is 0 Å². The molecular formula is C17H19BrN2O4S. The van der Waals surface area contributed by atoms with E-state index in [1.54, 1.807) is 19.1 Å². The second kappa shape index (κ2) is 6.93. The molecule has 1 aliphatic rings. The molecular weight excluding hydrogens is 408 g/mol. The third kappa shape index (κ3) is 4.31. The monoisotopic (exact) mass is 426 g/mol. The highest BCUT2D eigenvalue weighted by Gasteiger charge is 2.28. The van der Waals surface area contributed by atoms with Crippen LogP contribution in [0.15, 0.2) is 44.1 Å². The van der Waals surface area contributed by atoms with E-state index >= 15 is 0 Å². The van der Waals surface area contributed by atoms with Gasteiger partial charge in [-0.25, -0.2) is 13.1 Å². The molecule has 1 aromatic heterocycles. The molecule has 0 spiro atoms. The van der Waals surface area contributed by atoms with E-state index in [0.29, 0.717) is 10.2 Å². The SMILES string of the molecule is Cc1ccc(C(C)NC(=O)c2cc(S(=O)(=O)NC3CC3)ccc2Br)o1. The summed E-state index contributed by atoms with van der Waals surface area (Å²) in [7, 11) is -3.62. The van der Waals surface area contributed by atoms with Gasteiger partial charge in [0.05, 0.1) is 16.5 Å². The zero-order chi connectivity index (χ0) is 18.2. The van der Waals surface area contributed by atoms with E-state index in [9.17, 15) is 13.2 Å². The van der Waals surface area contributed by atoms with E-state index in [1.807, 2.05) is 13.0 Å². The van der Waals surface area contributed by atoms with Crippen LogP contribution in [-0.4, -0.2) is 20.4 Å². The number of rotatable bonds is 6. The highest BCUT2D eigenvalue weighted by molar-refractivity contribution is 9.10. The first-order valence-electron chi connectivity index (χ1n) is 7.95. The number of amides is 1. The Morgan fingerprint density at radius 3 is 2.60 bits per heavy atom. The summed E-state index contributed by atoms with van der Waals surface area (Å²) in [4.78, 5) is 12.6. The van der Waals surface area contributed by atoms with Crippen molar-refractivity contribution in [1.82, 2.24) is 10.0 Å². The minimum absolute atomic E-state index is 0.00753. The molecule has 0 saturated heterocycles. The van der Waals surface area contributed by atoms with Crippen LogP contribution in [0.5, 0.6) is 0 Å². The van der Waals surface area contributed by atoms with Gasteiger partial charge in [0.2, 0.25) is 10.0 Å². The number of hydrogen-bond acceptors (Lipinski definition) is 4. The van der Waals surface area contributed by atoms with Crippen LogP contribution in [0, 0.1) is 6.92 Å². The summed E-state index contributed by atoms with van der Waals surface area (Å²) in [6.07, 6.45) is 1.70. The smallest absolute Gasteiger partial charge is 0.253 e. The number of aryl methyl sites for hydroxylation is 1. The van der Waals surface area contributed by atoms with Crippen molar-refractivity contribution in [2.45, 2.75) is 43.7 Å².